The van der Waals surface area contributed by atoms with Gasteiger partial charge in [0, 0.05) is 32.4 Å². The van der Waals surface area contributed by atoms with Gasteiger partial charge in [0.1, 0.15) is 11.9 Å². The van der Waals surface area contributed by atoms with Crippen LogP contribution in [0.1, 0.15) is 11.3 Å². The first-order valence-corrected chi connectivity index (χ1v) is 6.92. The van der Waals surface area contributed by atoms with E-state index in [0.29, 0.717) is 5.56 Å². The lowest BCUT2D eigenvalue weighted by molar-refractivity contribution is 0.637. The number of pyridine rings is 1. The zero-order valence-corrected chi connectivity index (χ0v) is 11.9. The summed E-state index contributed by atoms with van der Waals surface area (Å²) in [5.74, 6) is 1.84. The highest BCUT2D eigenvalue weighted by atomic mass is 15.3. The minimum atomic E-state index is 0.590. The molecular weight excluding hydrogens is 264 g/mol. The van der Waals surface area contributed by atoms with Gasteiger partial charge in [-0.05, 0) is 31.2 Å². The molecule has 3 rings (SSSR count). The quantitative estimate of drug-likeness (QED) is 0.827. The molecule has 2 aromatic rings. The molecule has 106 valence electrons. The summed E-state index contributed by atoms with van der Waals surface area (Å²) >= 11 is 0. The number of anilines is 2. The lowest BCUT2D eigenvalue weighted by Gasteiger charge is -2.35. The van der Waals surface area contributed by atoms with Gasteiger partial charge >= 0.3 is 0 Å². The predicted molar refractivity (Wildman–Crippen MR) is 80.1 cm³/mol. The van der Waals surface area contributed by atoms with Crippen molar-refractivity contribution in [3.05, 3.63) is 41.7 Å². The number of aromatic nitrogens is 3. The summed E-state index contributed by atoms with van der Waals surface area (Å²) in [5.41, 5.74) is 1.52. The average Bonchev–Trinajstić information content (AvgIpc) is 2.56. The molecule has 1 fully saturated rings. The summed E-state index contributed by atoms with van der Waals surface area (Å²) in [5, 5.41) is 17.1. The number of hydrogen-bond acceptors (Lipinski definition) is 6. The Labute approximate surface area is 123 Å². The molecule has 0 radical (unpaired) electrons. The van der Waals surface area contributed by atoms with Crippen molar-refractivity contribution < 1.29 is 0 Å². The van der Waals surface area contributed by atoms with Gasteiger partial charge < -0.3 is 9.80 Å². The molecule has 0 bridgehead atoms. The highest BCUT2D eigenvalue weighted by Gasteiger charge is 2.19. The molecule has 0 unspecified atom stereocenters. The highest BCUT2D eigenvalue weighted by Crippen LogP contribution is 2.17. The van der Waals surface area contributed by atoms with Crippen LogP contribution in [0.4, 0.5) is 11.6 Å². The number of hydrogen-bond donors (Lipinski definition) is 0. The Morgan fingerprint density at radius 3 is 2.14 bits per heavy atom. The molecule has 0 N–H and O–H groups in total. The van der Waals surface area contributed by atoms with E-state index in [2.05, 4.69) is 31.1 Å². The van der Waals surface area contributed by atoms with Crippen molar-refractivity contribution in [1.82, 2.24) is 15.2 Å². The molecular formula is C15H16N6. The number of aryl methyl sites for hydroxylation is 1. The van der Waals surface area contributed by atoms with Crippen molar-refractivity contribution in [2.75, 3.05) is 36.0 Å². The molecule has 21 heavy (non-hydrogen) atoms. The van der Waals surface area contributed by atoms with Crippen LogP contribution in [0.3, 0.4) is 0 Å². The number of rotatable bonds is 2. The van der Waals surface area contributed by atoms with E-state index in [1.807, 2.05) is 25.1 Å². The second kappa shape index (κ2) is 5.75. The Kier molecular flexibility index (Phi) is 3.65. The van der Waals surface area contributed by atoms with Crippen molar-refractivity contribution in [2.24, 2.45) is 0 Å². The van der Waals surface area contributed by atoms with Crippen LogP contribution in [0, 0.1) is 18.3 Å². The molecule has 0 aliphatic carbocycles. The van der Waals surface area contributed by atoms with E-state index in [1.165, 1.54) is 0 Å². The Morgan fingerprint density at radius 1 is 0.952 bits per heavy atom. The van der Waals surface area contributed by atoms with Gasteiger partial charge in [-0.15, -0.1) is 5.10 Å². The van der Waals surface area contributed by atoms with E-state index < -0.39 is 0 Å². The number of nitrogens with zero attached hydrogens (tertiary/aromatic N) is 6. The summed E-state index contributed by atoms with van der Waals surface area (Å²) in [4.78, 5) is 8.79. The third-order valence-electron chi connectivity index (χ3n) is 3.59. The van der Waals surface area contributed by atoms with Crippen molar-refractivity contribution in [3.63, 3.8) is 0 Å². The van der Waals surface area contributed by atoms with Crippen molar-refractivity contribution >= 4 is 11.6 Å². The third-order valence-corrected chi connectivity index (χ3v) is 3.59. The Morgan fingerprint density at radius 2 is 1.62 bits per heavy atom. The SMILES string of the molecule is Cc1ccc(N2CCN(c3ccc(C#N)cn3)CC2)nn1. The van der Waals surface area contributed by atoms with Crippen LogP contribution in [0.2, 0.25) is 0 Å². The topological polar surface area (TPSA) is 68.9 Å². The van der Waals surface area contributed by atoms with Gasteiger partial charge in [-0.25, -0.2) is 4.98 Å². The summed E-state index contributed by atoms with van der Waals surface area (Å²) in [6.07, 6.45) is 1.62. The van der Waals surface area contributed by atoms with Gasteiger partial charge in [-0.3, -0.25) is 0 Å². The van der Waals surface area contributed by atoms with Gasteiger partial charge in [-0.2, -0.15) is 10.4 Å². The summed E-state index contributed by atoms with van der Waals surface area (Å²) in [6, 6.07) is 9.79. The fourth-order valence-corrected chi connectivity index (χ4v) is 2.36. The summed E-state index contributed by atoms with van der Waals surface area (Å²) in [6.45, 7) is 5.48. The van der Waals surface area contributed by atoms with Crippen LogP contribution in [0.5, 0.6) is 0 Å². The maximum absolute atomic E-state index is 8.80. The molecule has 0 amide bonds. The van der Waals surface area contributed by atoms with E-state index in [9.17, 15) is 0 Å². The lowest BCUT2D eigenvalue weighted by Crippen LogP contribution is -2.47. The first kappa shape index (κ1) is 13.3. The highest BCUT2D eigenvalue weighted by molar-refractivity contribution is 5.45. The smallest absolute Gasteiger partial charge is 0.151 e. The molecule has 1 aliphatic rings. The van der Waals surface area contributed by atoms with Crippen LogP contribution in [-0.2, 0) is 0 Å². The van der Waals surface area contributed by atoms with Crippen LogP contribution >= 0.6 is 0 Å². The minimum absolute atomic E-state index is 0.590. The molecule has 1 saturated heterocycles. The van der Waals surface area contributed by atoms with E-state index in [0.717, 1.165) is 43.5 Å². The maximum Gasteiger partial charge on any atom is 0.151 e. The fourth-order valence-electron chi connectivity index (χ4n) is 2.36. The lowest BCUT2D eigenvalue weighted by atomic mass is 10.2. The van der Waals surface area contributed by atoms with Crippen LogP contribution in [-0.4, -0.2) is 41.4 Å². The molecule has 1 aliphatic heterocycles. The maximum atomic E-state index is 8.80. The molecule has 0 aromatic carbocycles. The zero-order valence-electron chi connectivity index (χ0n) is 11.9. The summed E-state index contributed by atoms with van der Waals surface area (Å²) in [7, 11) is 0. The van der Waals surface area contributed by atoms with E-state index >= 15 is 0 Å². The van der Waals surface area contributed by atoms with E-state index in [1.54, 1.807) is 12.3 Å². The van der Waals surface area contributed by atoms with E-state index in [4.69, 9.17) is 5.26 Å². The normalized spacial score (nSPS) is 14.9. The number of nitriles is 1. The van der Waals surface area contributed by atoms with E-state index in [-0.39, 0.29) is 0 Å². The molecule has 6 heteroatoms. The van der Waals surface area contributed by atoms with Crippen LogP contribution in [0.25, 0.3) is 0 Å². The van der Waals surface area contributed by atoms with Crippen molar-refractivity contribution in [1.29, 1.82) is 5.26 Å². The van der Waals surface area contributed by atoms with Gasteiger partial charge in [-0.1, -0.05) is 0 Å². The van der Waals surface area contributed by atoms with Crippen LogP contribution in [0.15, 0.2) is 30.5 Å². The predicted octanol–water partition coefficient (Wildman–Crippen LogP) is 1.38. The molecule has 0 spiro atoms. The van der Waals surface area contributed by atoms with Crippen molar-refractivity contribution in [2.45, 2.75) is 6.92 Å². The molecule has 3 heterocycles. The zero-order chi connectivity index (χ0) is 14.7. The Bertz CT molecular complexity index is 635. The second-order valence-corrected chi connectivity index (χ2v) is 5.02. The van der Waals surface area contributed by atoms with Gasteiger partial charge in [0.2, 0.25) is 0 Å². The molecule has 0 saturated carbocycles. The Hall–Kier alpha value is -2.68. The molecule has 2 aromatic heterocycles. The monoisotopic (exact) mass is 280 g/mol. The van der Waals surface area contributed by atoms with Gasteiger partial charge in [0.05, 0.1) is 11.3 Å². The van der Waals surface area contributed by atoms with Gasteiger partial charge in [0.25, 0.3) is 0 Å². The fraction of sp³-hybridized carbons (Fsp3) is 0.333. The number of piperazine rings is 1. The molecule has 0 atom stereocenters. The largest absolute Gasteiger partial charge is 0.353 e. The first-order chi connectivity index (χ1) is 10.3. The van der Waals surface area contributed by atoms with Crippen molar-refractivity contribution in [3.8, 4) is 6.07 Å². The Balaban J connectivity index is 1.64. The first-order valence-electron chi connectivity index (χ1n) is 6.92. The summed E-state index contributed by atoms with van der Waals surface area (Å²) < 4.78 is 0. The standard InChI is InChI=1S/C15H16N6/c1-12-2-4-15(19-18-12)21-8-6-20(7-9-21)14-5-3-13(10-16)11-17-14/h2-5,11H,6-9H2,1H3. The average molecular weight is 280 g/mol. The third kappa shape index (κ3) is 2.92. The molecule has 6 nitrogen and oxygen atoms in total. The second-order valence-electron chi connectivity index (χ2n) is 5.02. The van der Waals surface area contributed by atoms with Gasteiger partial charge in [0.15, 0.2) is 5.82 Å². The minimum Gasteiger partial charge on any atom is -0.353 e. The van der Waals surface area contributed by atoms with Crippen LogP contribution < -0.4 is 9.80 Å².